The lowest BCUT2D eigenvalue weighted by atomic mass is 10.1. The minimum Gasteiger partial charge on any atom is -0.495 e. The lowest BCUT2D eigenvalue weighted by Crippen LogP contribution is -2.52. The third-order valence-corrected chi connectivity index (χ3v) is 5.32. The summed E-state index contributed by atoms with van der Waals surface area (Å²) in [7, 11) is 1.68. The van der Waals surface area contributed by atoms with E-state index in [9.17, 15) is 9.59 Å². The van der Waals surface area contributed by atoms with Crippen LogP contribution in [0, 0.1) is 0 Å². The first-order valence-electron chi connectivity index (χ1n) is 9.23. The first-order valence-corrected chi connectivity index (χ1v) is 9.23. The number of anilines is 2. The molecule has 0 bridgehead atoms. The monoisotopic (exact) mass is 365 g/mol. The van der Waals surface area contributed by atoms with Crippen molar-refractivity contribution in [2.24, 2.45) is 0 Å². The van der Waals surface area contributed by atoms with Gasteiger partial charge in [0.05, 0.1) is 30.9 Å². The van der Waals surface area contributed by atoms with Crippen LogP contribution in [0.2, 0.25) is 0 Å². The van der Waals surface area contributed by atoms with E-state index in [4.69, 9.17) is 4.74 Å². The zero-order chi connectivity index (χ0) is 18.8. The summed E-state index contributed by atoms with van der Waals surface area (Å²) in [5.41, 5.74) is 1.72. The molecule has 2 heterocycles. The number of imide groups is 1. The predicted molar refractivity (Wildman–Crippen MR) is 104 cm³/mol. The maximum Gasteiger partial charge on any atom is 0.251 e. The molecule has 0 radical (unpaired) electrons. The fourth-order valence-corrected chi connectivity index (χ4v) is 3.92. The molecule has 6 heteroatoms. The molecule has 2 aromatic carbocycles. The molecule has 2 amide bonds. The van der Waals surface area contributed by atoms with Gasteiger partial charge in [0.1, 0.15) is 5.75 Å². The van der Waals surface area contributed by atoms with Crippen LogP contribution >= 0.6 is 0 Å². The average Bonchev–Trinajstić information content (AvgIpc) is 3.02. The molecule has 0 saturated carbocycles. The molecule has 0 spiro atoms. The van der Waals surface area contributed by atoms with Gasteiger partial charge in [-0.05, 0) is 24.3 Å². The van der Waals surface area contributed by atoms with E-state index < -0.39 is 0 Å². The van der Waals surface area contributed by atoms with E-state index in [1.54, 1.807) is 19.2 Å². The second-order valence-electron chi connectivity index (χ2n) is 6.82. The Hall–Kier alpha value is -2.86. The van der Waals surface area contributed by atoms with Crippen molar-refractivity contribution >= 4 is 23.2 Å². The van der Waals surface area contributed by atoms with Gasteiger partial charge in [-0.1, -0.05) is 30.3 Å². The van der Waals surface area contributed by atoms with Gasteiger partial charge in [0, 0.05) is 26.2 Å². The Morgan fingerprint density at radius 1 is 0.889 bits per heavy atom. The smallest absolute Gasteiger partial charge is 0.251 e. The van der Waals surface area contributed by atoms with Gasteiger partial charge >= 0.3 is 0 Å². The number of benzene rings is 2. The summed E-state index contributed by atoms with van der Waals surface area (Å²) in [5.74, 6) is 0.619. The second kappa shape index (κ2) is 7.40. The molecule has 4 rings (SSSR count). The van der Waals surface area contributed by atoms with Crippen molar-refractivity contribution in [3.05, 3.63) is 54.6 Å². The molecule has 0 unspecified atom stereocenters. The number of para-hydroxylation sites is 3. The van der Waals surface area contributed by atoms with Gasteiger partial charge in [-0.2, -0.15) is 0 Å². The van der Waals surface area contributed by atoms with Gasteiger partial charge in [0.15, 0.2) is 0 Å². The highest BCUT2D eigenvalue weighted by Gasteiger charge is 2.43. The van der Waals surface area contributed by atoms with Crippen LogP contribution in [0.5, 0.6) is 5.75 Å². The van der Waals surface area contributed by atoms with E-state index in [1.807, 2.05) is 36.4 Å². The SMILES string of the molecule is COc1ccccc1N1CCN([C@H]2CC(=O)N(c3ccccc3)C2=O)CC1. The van der Waals surface area contributed by atoms with E-state index in [2.05, 4.69) is 15.9 Å². The molecule has 2 aromatic rings. The number of amides is 2. The van der Waals surface area contributed by atoms with Crippen LogP contribution in [-0.4, -0.2) is 56.0 Å². The highest BCUT2D eigenvalue weighted by molar-refractivity contribution is 6.22. The number of nitrogens with zero attached hydrogens (tertiary/aromatic N) is 3. The maximum absolute atomic E-state index is 12.9. The Bertz CT molecular complexity index is 832. The Labute approximate surface area is 158 Å². The van der Waals surface area contributed by atoms with Gasteiger partial charge in [-0.25, -0.2) is 4.90 Å². The van der Waals surface area contributed by atoms with Crippen LogP contribution in [0.15, 0.2) is 54.6 Å². The summed E-state index contributed by atoms with van der Waals surface area (Å²) in [4.78, 5) is 31.1. The third kappa shape index (κ3) is 3.28. The van der Waals surface area contributed by atoms with Gasteiger partial charge in [0.2, 0.25) is 5.91 Å². The maximum atomic E-state index is 12.9. The molecule has 140 valence electrons. The minimum absolute atomic E-state index is 0.114. The molecule has 2 aliphatic rings. The predicted octanol–water partition coefficient (Wildman–Crippen LogP) is 2.15. The minimum atomic E-state index is -0.363. The van der Waals surface area contributed by atoms with Crippen molar-refractivity contribution in [1.29, 1.82) is 0 Å². The first-order chi connectivity index (χ1) is 13.2. The van der Waals surface area contributed by atoms with Crippen molar-refractivity contribution in [2.75, 3.05) is 43.1 Å². The van der Waals surface area contributed by atoms with Crippen LogP contribution < -0.4 is 14.5 Å². The van der Waals surface area contributed by atoms with E-state index in [0.717, 1.165) is 37.6 Å². The number of carbonyl (C=O) groups is 2. The lowest BCUT2D eigenvalue weighted by Gasteiger charge is -2.38. The number of carbonyl (C=O) groups excluding carboxylic acids is 2. The van der Waals surface area contributed by atoms with E-state index >= 15 is 0 Å². The summed E-state index contributed by atoms with van der Waals surface area (Å²) in [6, 6.07) is 16.8. The van der Waals surface area contributed by atoms with Crippen LogP contribution in [0.4, 0.5) is 11.4 Å². The van der Waals surface area contributed by atoms with E-state index in [1.165, 1.54) is 4.90 Å². The number of methoxy groups -OCH3 is 1. The van der Waals surface area contributed by atoms with Gasteiger partial charge in [-0.3, -0.25) is 14.5 Å². The molecule has 0 aromatic heterocycles. The fourth-order valence-electron chi connectivity index (χ4n) is 3.92. The van der Waals surface area contributed by atoms with Crippen molar-refractivity contribution in [3.63, 3.8) is 0 Å². The number of hydrogen-bond donors (Lipinski definition) is 0. The number of ether oxygens (including phenoxy) is 1. The van der Waals surface area contributed by atoms with Gasteiger partial charge < -0.3 is 9.64 Å². The Kier molecular flexibility index (Phi) is 4.81. The Morgan fingerprint density at radius 3 is 2.26 bits per heavy atom. The lowest BCUT2D eigenvalue weighted by molar-refractivity contribution is -0.123. The third-order valence-electron chi connectivity index (χ3n) is 5.32. The summed E-state index contributed by atoms with van der Waals surface area (Å²) in [5, 5.41) is 0. The van der Waals surface area contributed by atoms with Crippen molar-refractivity contribution in [2.45, 2.75) is 12.5 Å². The first kappa shape index (κ1) is 17.5. The summed E-state index contributed by atoms with van der Waals surface area (Å²) in [6.07, 6.45) is 0.252. The fraction of sp³-hybridized carbons (Fsp3) is 0.333. The summed E-state index contributed by atoms with van der Waals surface area (Å²) >= 11 is 0. The summed E-state index contributed by atoms with van der Waals surface area (Å²) < 4.78 is 5.46. The highest BCUT2D eigenvalue weighted by atomic mass is 16.5. The summed E-state index contributed by atoms with van der Waals surface area (Å²) in [6.45, 7) is 3.07. The molecule has 27 heavy (non-hydrogen) atoms. The van der Waals surface area contributed by atoms with Crippen molar-refractivity contribution < 1.29 is 14.3 Å². The zero-order valence-electron chi connectivity index (χ0n) is 15.4. The number of piperazine rings is 1. The Balaban J connectivity index is 1.44. The van der Waals surface area contributed by atoms with Crippen LogP contribution in [0.25, 0.3) is 0 Å². The van der Waals surface area contributed by atoms with Crippen LogP contribution in [0.1, 0.15) is 6.42 Å². The second-order valence-corrected chi connectivity index (χ2v) is 6.82. The van der Waals surface area contributed by atoms with Gasteiger partial charge in [0.25, 0.3) is 5.91 Å². The molecule has 0 aliphatic carbocycles. The largest absolute Gasteiger partial charge is 0.495 e. The molecule has 2 saturated heterocycles. The van der Waals surface area contributed by atoms with Crippen LogP contribution in [0.3, 0.4) is 0 Å². The molecular formula is C21H23N3O3. The molecule has 1 atom stereocenters. The number of rotatable bonds is 4. The molecular weight excluding hydrogens is 342 g/mol. The average molecular weight is 365 g/mol. The highest BCUT2D eigenvalue weighted by Crippen LogP contribution is 2.30. The van der Waals surface area contributed by atoms with E-state index in [0.29, 0.717) is 5.69 Å². The molecule has 0 N–H and O–H groups in total. The standard InChI is InChI=1S/C21H23N3O3/c1-27-19-10-6-5-9-17(19)22-11-13-23(14-12-22)18-15-20(25)24(21(18)26)16-7-3-2-4-8-16/h2-10,18H,11-15H2,1H3/t18-/m0/s1. The van der Waals surface area contributed by atoms with Crippen molar-refractivity contribution in [3.8, 4) is 5.75 Å². The van der Waals surface area contributed by atoms with Crippen LogP contribution in [-0.2, 0) is 9.59 Å². The molecule has 2 aliphatic heterocycles. The normalized spacial score (nSPS) is 21.0. The zero-order valence-corrected chi connectivity index (χ0v) is 15.4. The van der Waals surface area contributed by atoms with E-state index in [-0.39, 0.29) is 24.3 Å². The Morgan fingerprint density at radius 2 is 1.56 bits per heavy atom. The molecule has 2 fully saturated rings. The quantitative estimate of drug-likeness (QED) is 0.777. The molecule has 6 nitrogen and oxygen atoms in total. The topological polar surface area (TPSA) is 53.1 Å². The number of hydrogen-bond acceptors (Lipinski definition) is 5. The van der Waals surface area contributed by atoms with Gasteiger partial charge in [-0.15, -0.1) is 0 Å². The van der Waals surface area contributed by atoms with Crippen molar-refractivity contribution in [1.82, 2.24) is 4.90 Å².